The molecule has 2 rings (SSSR count). The van der Waals surface area contributed by atoms with Crippen LogP contribution in [0.2, 0.25) is 0 Å². The molecule has 0 radical (unpaired) electrons. The number of rotatable bonds is 2. The number of ether oxygens (including phenoxy) is 1. The molecule has 0 saturated heterocycles. The highest BCUT2D eigenvalue weighted by Gasteiger charge is 2.30. The van der Waals surface area contributed by atoms with E-state index in [1.54, 1.807) is 18.2 Å². The summed E-state index contributed by atoms with van der Waals surface area (Å²) in [5.41, 5.74) is 0.730. The van der Waals surface area contributed by atoms with Crippen molar-refractivity contribution in [1.82, 2.24) is 0 Å². The average Bonchev–Trinajstić information content (AvgIpc) is 2.59. The zero-order valence-corrected chi connectivity index (χ0v) is 9.35. The number of esters is 1. The van der Waals surface area contributed by atoms with Gasteiger partial charge >= 0.3 is 5.97 Å². The summed E-state index contributed by atoms with van der Waals surface area (Å²) < 4.78 is 5.32. The highest BCUT2D eigenvalue weighted by atomic mass is 79.9. The molecule has 0 unspecified atom stereocenters. The van der Waals surface area contributed by atoms with Crippen molar-refractivity contribution in [2.75, 3.05) is 0 Å². The highest BCUT2D eigenvalue weighted by molar-refractivity contribution is 9.12. The Kier molecular flexibility index (Phi) is 2.88. The molecule has 0 aliphatic carbocycles. The first-order valence-corrected chi connectivity index (χ1v) is 5.29. The Labute approximate surface area is 95.5 Å². The van der Waals surface area contributed by atoms with Gasteiger partial charge in [-0.3, -0.25) is 0 Å². The zero-order valence-electron chi connectivity index (χ0n) is 7.76. The van der Waals surface area contributed by atoms with Crippen molar-refractivity contribution in [2.45, 2.75) is 12.2 Å². The van der Waals surface area contributed by atoms with Gasteiger partial charge in [0, 0.05) is 0 Å². The molecule has 0 amide bonds. The van der Waals surface area contributed by atoms with Gasteiger partial charge in [-0.05, 0) is 27.6 Å². The summed E-state index contributed by atoms with van der Waals surface area (Å²) in [5, 5.41) is 9.91. The van der Waals surface area contributed by atoms with Gasteiger partial charge in [-0.25, -0.2) is 4.79 Å². The van der Waals surface area contributed by atoms with Crippen molar-refractivity contribution >= 4 is 21.9 Å². The Balaban J connectivity index is 2.17. The van der Waals surface area contributed by atoms with Crippen LogP contribution < -0.4 is 0 Å². The molecule has 0 saturated carbocycles. The van der Waals surface area contributed by atoms with Crippen LogP contribution in [0.5, 0.6) is 0 Å². The first-order chi connectivity index (χ1) is 7.18. The summed E-state index contributed by atoms with van der Waals surface area (Å²) in [6.07, 6.45) is 0.152. The molecule has 0 bridgehead atoms. The first kappa shape index (κ1) is 10.4. The Bertz CT molecular complexity index is 400. The van der Waals surface area contributed by atoms with Crippen molar-refractivity contribution in [1.29, 1.82) is 0 Å². The standard InChI is InChI=1S/C11H9BrO3/c12-8-6-9(15-11(8)14)10(13)7-4-2-1-3-5-7/h1-6,9-10,13H/t9-,10-/m1/s1. The Hall–Kier alpha value is -1.13. The average molecular weight is 269 g/mol. The first-order valence-electron chi connectivity index (χ1n) is 4.50. The number of hydrogen-bond donors (Lipinski definition) is 1. The van der Waals surface area contributed by atoms with Gasteiger partial charge in [-0.1, -0.05) is 30.3 Å². The second kappa shape index (κ2) is 4.16. The molecule has 4 heteroatoms. The summed E-state index contributed by atoms with van der Waals surface area (Å²) in [6.45, 7) is 0. The van der Waals surface area contributed by atoms with Crippen molar-refractivity contribution in [3.63, 3.8) is 0 Å². The van der Waals surface area contributed by atoms with Crippen LogP contribution in [-0.4, -0.2) is 17.2 Å². The normalized spacial score (nSPS) is 22.1. The van der Waals surface area contributed by atoms with E-state index in [1.807, 2.05) is 18.2 Å². The summed E-state index contributed by atoms with van der Waals surface area (Å²) in [5.74, 6) is -0.435. The van der Waals surface area contributed by atoms with E-state index in [-0.39, 0.29) is 0 Å². The number of carbonyl (C=O) groups is 1. The summed E-state index contributed by atoms with van der Waals surface area (Å²) in [7, 11) is 0. The molecule has 0 aromatic heterocycles. The van der Waals surface area contributed by atoms with E-state index < -0.39 is 18.2 Å². The van der Waals surface area contributed by atoms with Gasteiger partial charge in [0.25, 0.3) is 0 Å². The fourth-order valence-electron chi connectivity index (χ4n) is 1.42. The Morgan fingerprint density at radius 1 is 1.33 bits per heavy atom. The third kappa shape index (κ3) is 2.11. The van der Waals surface area contributed by atoms with Gasteiger partial charge < -0.3 is 9.84 Å². The van der Waals surface area contributed by atoms with E-state index >= 15 is 0 Å². The van der Waals surface area contributed by atoms with E-state index in [0.29, 0.717) is 4.48 Å². The van der Waals surface area contributed by atoms with Gasteiger partial charge in [-0.15, -0.1) is 0 Å². The van der Waals surface area contributed by atoms with Crippen molar-refractivity contribution in [2.24, 2.45) is 0 Å². The summed E-state index contributed by atoms with van der Waals surface area (Å²) in [6, 6.07) is 9.10. The van der Waals surface area contributed by atoms with Crippen LogP contribution in [0.4, 0.5) is 0 Å². The van der Waals surface area contributed by atoms with Gasteiger partial charge in [0.1, 0.15) is 10.6 Å². The summed E-state index contributed by atoms with van der Waals surface area (Å²) >= 11 is 3.06. The molecule has 1 aromatic carbocycles. The monoisotopic (exact) mass is 268 g/mol. The third-order valence-electron chi connectivity index (χ3n) is 2.20. The number of aliphatic hydroxyl groups is 1. The Morgan fingerprint density at radius 3 is 2.53 bits per heavy atom. The lowest BCUT2D eigenvalue weighted by molar-refractivity contribution is -0.143. The lowest BCUT2D eigenvalue weighted by Gasteiger charge is -2.15. The molecular weight excluding hydrogens is 260 g/mol. The lowest BCUT2D eigenvalue weighted by Crippen LogP contribution is -2.18. The van der Waals surface area contributed by atoms with Crippen LogP contribution in [0.25, 0.3) is 0 Å². The Morgan fingerprint density at radius 2 is 2.00 bits per heavy atom. The molecule has 2 atom stereocenters. The van der Waals surface area contributed by atoms with Crippen LogP contribution in [0.15, 0.2) is 40.9 Å². The fraction of sp³-hybridized carbons (Fsp3) is 0.182. The maximum absolute atomic E-state index is 11.1. The predicted octanol–water partition coefficient (Wildman–Crippen LogP) is 1.92. The molecule has 15 heavy (non-hydrogen) atoms. The number of carbonyl (C=O) groups excluding carboxylic acids is 1. The van der Waals surface area contributed by atoms with Gasteiger partial charge in [0.2, 0.25) is 0 Å². The number of benzene rings is 1. The van der Waals surface area contributed by atoms with E-state index in [2.05, 4.69) is 15.9 Å². The van der Waals surface area contributed by atoms with Gasteiger partial charge in [0.05, 0.1) is 0 Å². The molecule has 1 heterocycles. The van der Waals surface area contributed by atoms with Crippen LogP contribution in [0.1, 0.15) is 11.7 Å². The zero-order chi connectivity index (χ0) is 10.8. The van der Waals surface area contributed by atoms with Crippen molar-refractivity contribution in [3.05, 3.63) is 46.5 Å². The molecule has 0 spiro atoms. The van der Waals surface area contributed by atoms with E-state index in [4.69, 9.17) is 4.74 Å². The maximum Gasteiger partial charge on any atom is 0.345 e. The van der Waals surface area contributed by atoms with Crippen LogP contribution in [0, 0.1) is 0 Å². The molecule has 1 N–H and O–H groups in total. The maximum atomic E-state index is 11.1. The quantitative estimate of drug-likeness (QED) is 0.834. The largest absolute Gasteiger partial charge is 0.451 e. The highest BCUT2D eigenvalue weighted by Crippen LogP contribution is 2.28. The number of hydrogen-bond acceptors (Lipinski definition) is 3. The number of aliphatic hydroxyl groups excluding tert-OH is 1. The van der Waals surface area contributed by atoms with E-state index in [0.717, 1.165) is 5.56 Å². The lowest BCUT2D eigenvalue weighted by atomic mass is 10.1. The molecule has 0 fully saturated rings. The second-order valence-electron chi connectivity index (χ2n) is 3.24. The van der Waals surface area contributed by atoms with Gasteiger partial charge in [-0.2, -0.15) is 0 Å². The van der Waals surface area contributed by atoms with Crippen LogP contribution >= 0.6 is 15.9 Å². The second-order valence-corrected chi connectivity index (χ2v) is 4.09. The summed E-state index contributed by atoms with van der Waals surface area (Å²) in [4.78, 5) is 11.1. The third-order valence-corrected chi connectivity index (χ3v) is 2.79. The SMILES string of the molecule is O=C1O[C@@H]([C@H](O)c2ccccc2)C=C1Br. The van der Waals surface area contributed by atoms with Crippen LogP contribution in [-0.2, 0) is 9.53 Å². The number of halogens is 1. The molecular formula is C11H9BrO3. The minimum absolute atomic E-state index is 0.363. The van der Waals surface area contributed by atoms with Gasteiger partial charge in [0.15, 0.2) is 6.10 Å². The molecule has 1 aliphatic heterocycles. The topological polar surface area (TPSA) is 46.5 Å². The molecule has 78 valence electrons. The minimum Gasteiger partial charge on any atom is -0.451 e. The smallest absolute Gasteiger partial charge is 0.345 e. The van der Waals surface area contributed by atoms with Crippen LogP contribution in [0.3, 0.4) is 0 Å². The molecule has 1 aliphatic rings. The molecule has 3 nitrogen and oxygen atoms in total. The predicted molar refractivity (Wildman–Crippen MR) is 58.3 cm³/mol. The minimum atomic E-state index is -0.815. The van der Waals surface area contributed by atoms with Crippen molar-refractivity contribution in [3.8, 4) is 0 Å². The molecule has 1 aromatic rings. The van der Waals surface area contributed by atoms with E-state index in [1.165, 1.54) is 0 Å². The van der Waals surface area contributed by atoms with Crippen molar-refractivity contribution < 1.29 is 14.6 Å². The fourth-order valence-corrected chi connectivity index (χ4v) is 1.78. The van der Waals surface area contributed by atoms with E-state index in [9.17, 15) is 9.90 Å². The number of cyclic esters (lactones) is 1.